The summed E-state index contributed by atoms with van der Waals surface area (Å²) < 4.78 is 5.08. The van der Waals surface area contributed by atoms with Crippen molar-refractivity contribution in [2.75, 3.05) is 37.6 Å². The quantitative estimate of drug-likeness (QED) is 0.899. The largest absolute Gasteiger partial charge is 0.440 e. The Balaban J connectivity index is 1.52. The number of piperazine rings is 1. The van der Waals surface area contributed by atoms with Gasteiger partial charge in [0.2, 0.25) is 0 Å². The number of hydrogen-bond acceptors (Lipinski definition) is 5. The first-order valence-corrected chi connectivity index (χ1v) is 8.49. The van der Waals surface area contributed by atoms with Gasteiger partial charge in [0.15, 0.2) is 11.0 Å². The highest BCUT2D eigenvalue weighted by molar-refractivity contribution is 6.29. The Hall–Kier alpha value is -2.05. The number of aromatic nitrogens is 1. The first kappa shape index (κ1) is 16.8. The molecule has 0 spiro atoms. The van der Waals surface area contributed by atoms with Crippen molar-refractivity contribution in [3.05, 3.63) is 47.0 Å². The summed E-state index contributed by atoms with van der Waals surface area (Å²) in [6.07, 6.45) is 1.80. The van der Waals surface area contributed by atoms with Gasteiger partial charge in [-0.25, -0.2) is 4.98 Å². The molecule has 3 rings (SSSR count). The van der Waals surface area contributed by atoms with E-state index in [2.05, 4.69) is 27.0 Å². The molecule has 2 aromatic heterocycles. The third-order valence-electron chi connectivity index (χ3n) is 4.20. The molecule has 0 aromatic carbocycles. The third kappa shape index (κ3) is 4.07. The summed E-state index contributed by atoms with van der Waals surface area (Å²) in [7, 11) is 0. The van der Waals surface area contributed by atoms with Gasteiger partial charge in [-0.1, -0.05) is 13.0 Å². The second kappa shape index (κ2) is 7.68. The number of amides is 1. The van der Waals surface area contributed by atoms with Crippen molar-refractivity contribution < 1.29 is 9.21 Å². The molecule has 0 unspecified atom stereocenters. The fourth-order valence-electron chi connectivity index (χ4n) is 2.71. The number of halogens is 1. The van der Waals surface area contributed by atoms with Gasteiger partial charge in [-0.3, -0.25) is 4.79 Å². The minimum atomic E-state index is -0.290. The first-order valence-electron chi connectivity index (χ1n) is 8.11. The molecule has 2 aromatic rings. The normalized spacial score (nSPS) is 15.5. The van der Waals surface area contributed by atoms with E-state index in [0.717, 1.165) is 44.1 Å². The number of anilines is 1. The molecule has 7 heteroatoms. The van der Waals surface area contributed by atoms with Gasteiger partial charge in [0.1, 0.15) is 5.82 Å². The van der Waals surface area contributed by atoms with Crippen molar-refractivity contribution in [3.63, 3.8) is 0 Å². The molecule has 0 atom stereocenters. The molecular formula is C17H21ClN4O2. The van der Waals surface area contributed by atoms with Gasteiger partial charge in [-0.05, 0) is 41.9 Å². The molecule has 0 aliphatic carbocycles. The predicted molar refractivity (Wildman–Crippen MR) is 93.5 cm³/mol. The number of likely N-dealkylation sites (N-methyl/N-ethyl adjacent to an activating group) is 1. The number of rotatable bonds is 5. The summed E-state index contributed by atoms with van der Waals surface area (Å²) >= 11 is 5.67. The molecule has 128 valence electrons. The Morgan fingerprint density at radius 1 is 1.25 bits per heavy atom. The second-order valence-corrected chi connectivity index (χ2v) is 6.10. The van der Waals surface area contributed by atoms with E-state index in [1.54, 1.807) is 18.3 Å². The van der Waals surface area contributed by atoms with E-state index >= 15 is 0 Å². The van der Waals surface area contributed by atoms with E-state index in [-0.39, 0.29) is 16.9 Å². The molecule has 1 aliphatic rings. The minimum Gasteiger partial charge on any atom is -0.440 e. The third-order valence-corrected chi connectivity index (χ3v) is 4.41. The Kier molecular flexibility index (Phi) is 5.37. The molecule has 0 saturated carbocycles. The minimum absolute atomic E-state index is 0.203. The fraction of sp³-hybridized carbons (Fsp3) is 0.412. The molecule has 1 amide bonds. The van der Waals surface area contributed by atoms with Crippen molar-refractivity contribution in [1.29, 1.82) is 0 Å². The van der Waals surface area contributed by atoms with Crippen molar-refractivity contribution in [1.82, 2.24) is 15.2 Å². The second-order valence-electron chi connectivity index (χ2n) is 5.73. The lowest BCUT2D eigenvalue weighted by Gasteiger charge is -2.34. The first-order chi connectivity index (χ1) is 11.7. The highest BCUT2D eigenvalue weighted by atomic mass is 35.5. The lowest BCUT2D eigenvalue weighted by atomic mass is 10.2. The van der Waals surface area contributed by atoms with E-state index in [9.17, 15) is 4.79 Å². The Labute approximate surface area is 146 Å². The predicted octanol–water partition coefficient (Wildman–Crippen LogP) is 2.40. The average Bonchev–Trinajstić information content (AvgIpc) is 3.07. The maximum atomic E-state index is 11.9. The van der Waals surface area contributed by atoms with Crippen LogP contribution in [0.5, 0.6) is 0 Å². The molecule has 1 aliphatic heterocycles. The van der Waals surface area contributed by atoms with E-state index in [4.69, 9.17) is 16.0 Å². The van der Waals surface area contributed by atoms with Crippen molar-refractivity contribution in [2.45, 2.75) is 13.5 Å². The SMILES string of the molecule is CCN1CCN(c2ccc(CNC(=O)c3ccc(Cl)o3)cn2)CC1. The van der Waals surface area contributed by atoms with Gasteiger partial charge in [0.25, 0.3) is 5.91 Å². The van der Waals surface area contributed by atoms with Crippen LogP contribution < -0.4 is 10.2 Å². The number of hydrogen-bond donors (Lipinski definition) is 1. The summed E-state index contributed by atoms with van der Waals surface area (Å²) in [5.41, 5.74) is 0.942. The van der Waals surface area contributed by atoms with Crippen molar-refractivity contribution >= 4 is 23.3 Å². The van der Waals surface area contributed by atoms with E-state index in [0.29, 0.717) is 6.54 Å². The summed E-state index contributed by atoms with van der Waals surface area (Å²) in [5, 5.41) is 2.99. The van der Waals surface area contributed by atoms with Crippen LogP contribution in [0.15, 0.2) is 34.9 Å². The van der Waals surface area contributed by atoms with Crippen LogP contribution in [0, 0.1) is 0 Å². The molecule has 3 heterocycles. The van der Waals surface area contributed by atoms with Crippen LogP contribution in [0.4, 0.5) is 5.82 Å². The smallest absolute Gasteiger partial charge is 0.287 e. The zero-order valence-electron chi connectivity index (χ0n) is 13.7. The number of carbonyl (C=O) groups excluding carboxylic acids is 1. The summed E-state index contributed by atoms with van der Waals surface area (Å²) in [4.78, 5) is 21.2. The number of pyridine rings is 1. The van der Waals surface area contributed by atoms with Crippen LogP contribution in [0.1, 0.15) is 23.0 Å². The van der Waals surface area contributed by atoms with Gasteiger partial charge >= 0.3 is 0 Å². The molecule has 24 heavy (non-hydrogen) atoms. The highest BCUT2D eigenvalue weighted by Gasteiger charge is 2.16. The highest BCUT2D eigenvalue weighted by Crippen LogP contribution is 2.15. The Morgan fingerprint density at radius 2 is 2.04 bits per heavy atom. The van der Waals surface area contributed by atoms with Crippen LogP contribution in [0.25, 0.3) is 0 Å². The lowest BCUT2D eigenvalue weighted by molar-refractivity contribution is 0.0923. The maximum Gasteiger partial charge on any atom is 0.287 e. The van der Waals surface area contributed by atoms with Gasteiger partial charge in [0, 0.05) is 38.9 Å². The average molecular weight is 349 g/mol. The summed E-state index contributed by atoms with van der Waals surface area (Å²) in [5.74, 6) is 0.902. The fourth-order valence-corrected chi connectivity index (χ4v) is 2.85. The van der Waals surface area contributed by atoms with Gasteiger partial charge in [-0.15, -0.1) is 0 Å². The van der Waals surface area contributed by atoms with Crippen LogP contribution in [0.3, 0.4) is 0 Å². The molecule has 6 nitrogen and oxygen atoms in total. The van der Waals surface area contributed by atoms with Crippen LogP contribution >= 0.6 is 11.6 Å². The van der Waals surface area contributed by atoms with E-state index < -0.39 is 0 Å². The number of carbonyl (C=O) groups is 1. The van der Waals surface area contributed by atoms with Gasteiger partial charge < -0.3 is 19.5 Å². The monoisotopic (exact) mass is 348 g/mol. The molecule has 0 bridgehead atoms. The topological polar surface area (TPSA) is 61.6 Å². The van der Waals surface area contributed by atoms with E-state index in [1.807, 2.05) is 12.1 Å². The lowest BCUT2D eigenvalue weighted by Crippen LogP contribution is -2.46. The van der Waals surface area contributed by atoms with Gasteiger partial charge in [-0.2, -0.15) is 0 Å². The molecule has 1 N–H and O–H groups in total. The summed E-state index contributed by atoms with van der Waals surface area (Å²) in [6.45, 7) is 7.82. The zero-order chi connectivity index (χ0) is 16.9. The molecule has 0 radical (unpaired) electrons. The number of nitrogens with one attached hydrogen (secondary N) is 1. The summed E-state index contributed by atoms with van der Waals surface area (Å²) in [6, 6.07) is 7.09. The Bertz CT molecular complexity index is 678. The standard InChI is InChI=1S/C17H21ClN4O2/c1-2-21-7-9-22(10-8-21)16-6-3-13(11-19-16)12-20-17(23)14-4-5-15(18)24-14/h3-6,11H,2,7-10,12H2,1H3,(H,20,23). The van der Waals surface area contributed by atoms with Crippen LogP contribution in [-0.2, 0) is 6.54 Å². The number of furan rings is 1. The molecular weight excluding hydrogens is 328 g/mol. The maximum absolute atomic E-state index is 11.9. The van der Waals surface area contributed by atoms with Gasteiger partial charge in [0.05, 0.1) is 0 Å². The number of nitrogens with zero attached hydrogens (tertiary/aromatic N) is 3. The van der Waals surface area contributed by atoms with Crippen LogP contribution in [0.2, 0.25) is 5.22 Å². The van der Waals surface area contributed by atoms with Crippen LogP contribution in [-0.4, -0.2) is 48.5 Å². The van der Waals surface area contributed by atoms with Crippen molar-refractivity contribution in [2.24, 2.45) is 0 Å². The van der Waals surface area contributed by atoms with E-state index in [1.165, 1.54) is 0 Å². The Morgan fingerprint density at radius 3 is 2.62 bits per heavy atom. The zero-order valence-corrected chi connectivity index (χ0v) is 14.4. The molecule has 1 saturated heterocycles. The molecule has 1 fully saturated rings. The van der Waals surface area contributed by atoms with Crippen molar-refractivity contribution in [3.8, 4) is 0 Å².